The third-order valence-corrected chi connectivity index (χ3v) is 14.2. The summed E-state index contributed by atoms with van der Waals surface area (Å²) in [5.41, 5.74) is 0. The lowest BCUT2D eigenvalue weighted by Crippen LogP contribution is -2.30. The van der Waals surface area contributed by atoms with Crippen LogP contribution in [0.5, 0.6) is 0 Å². The monoisotopic (exact) mass is 985 g/mol. The number of carbonyl (C=O) groups excluding carboxylic acids is 3. The molecule has 0 saturated heterocycles. The van der Waals surface area contributed by atoms with Crippen molar-refractivity contribution in [3.63, 3.8) is 0 Å². The minimum absolute atomic E-state index is 0.0645. The van der Waals surface area contributed by atoms with Gasteiger partial charge < -0.3 is 14.2 Å². The van der Waals surface area contributed by atoms with Gasteiger partial charge in [-0.3, -0.25) is 14.4 Å². The highest BCUT2D eigenvalue weighted by atomic mass is 16.6. The van der Waals surface area contributed by atoms with E-state index in [1.807, 2.05) is 0 Å². The van der Waals surface area contributed by atoms with Crippen LogP contribution in [0.15, 0.2) is 24.3 Å². The van der Waals surface area contributed by atoms with Crippen LogP contribution in [0, 0.1) is 0 Å². The first-order valence-corrected chi connectivity index (χ1v) is 31.3. The van der Waals surface area contributed by atoms with E-state index in [0.29, 0.717) is 19.3 Å². The van der Waals surface area contributed by atoms with Crippen LogP contribution >= 0.6 is 0 Å². The Hall–Kier alpha value is -2.11. The van der Waals surface area contributed by atoms with Crippen molar-refractivity contribution in [1.82, 2.24) is 0 Å². The number of allylic oxidation sites excluding steroid dienone is 4. The molecule has 70 heavy (non-hydrogen) atoms. The third kappa shape index (κ3) is 56.8. The zero-order valence-corrected chi connectivity index (χ0v) is 47.3. The van der Waals surface area contributed by atoms with E-state index in [1.54, 1.807) is 0 Å². The molecule has 0 amide bonds. The lowest BCUT2D eigenvalue weighted by molar-refractivity contribution is -0.167. The predicted molar refractivity (Wildman–Crippen MR) is 303 cm³/mol. The normalized spacial score (nSPS) is 12.1. The van der Waals surface area contributed by atoms with Crippen LogP contribution in [0.2, 0.25) is 0 Å². The zero-order chi connectivity index (χ0) is 50.7. The molecule has 0 spiro atoms. The Morgan fingerprint density at radius 3 is 0.786 bits per heavy atom. The second-order valence-corrected chi connectivity index (χ2v) is 21.3. The van der Waals surface area contributed by atoms with E-state index < -0.39 is 6.10 Å². The standard InChI is InChI=1S/C64H120O6/c1-4-7-10-13-16-19-22-24-25-26-27-28-29-30-31-32-33-34-35-36-37-38-39-41-42-45-48-51-54-57-63(66)69-60-61(59-68-62(65)56-53-50-47-44-21-18-15-12-9-6-3)70-64(67)58-55-52-49-46-43-40-23-20-17-14-11-8-5-2/h22,24,26-27,61H,4-21,23,25,28-60H2,1-3H3/b24-22-,27-26-. The molecule has 0 aliphatic heterocycles. The number of ether oxygens (including phenoxy) is 3. The van der Waals surface area contributed by atoms with Gasteiger partial charge in [-0.2, -0.15) is 0 Å². The highest BCUT2D eigenvalue weighted by Crippen LogP contribution is 2.18. The van der Waals surface area contributed by atoms with Gasteiger partial charge in [0.2, 0.25) is 0 Å². The first-order valence-electron chi connectivity index (χ1n) is 31.3. The van der Waals surface area contributed by atoms with Crippen molar-refractivity contribution in [3.05, 3.63) is 24.3 Å². The first-order chi connectivity index (χ1) is 34.5. The van der Waals surface area contributed by atoms with E-state index >= 15 is 0 Å². The van der Waals surface area contributed by atoms with Crippen molar-refractivity contribution < 1.29 is 28.6 Å². The molecule has 6 heteroatoms. The van der Waals surface area contributed by atoms with Crippen LogP contribution < -0.4 is 0 Å². The summed E-state index contributed by atoms with van der Waals surface area (Å²) in [6, 6.07) is 0. The largest absolute Gasteiger partial charge is 0.462 e. The lowest BCUT2D eigenvalue weighted by atomic mass is 10.0. The molecule has 0 aromatic heterocycles. The summed E-state index contributed by atoms with van der Waals surface area (Å²) in [7, 11) is 0. The maximum atomic E-state index is 12.8. The van der Waals surface area contributed by atoms with Crippen LogP contribution in [0.1, 0.15) is 348 Å². The van der Waals surface area contributed by atoms with Gasteiger partial charge in [0.25, 0.3) is 0 Å². The average molecular weight is 986 g/mol. The van der Waals surface area contributed by atoms with E-state index in [-0.39, 0.29) is 31.1 Å². The van der Waals surface area contributed by atoms with Gasteiger partial charge in [-0.25, -0.2) is 0 Å². The molecule has 0 saturated carbocycles. The van der Waals surface area contributed by atoms with Crippen molar-refractivity contribution in [3.8, 4) is 0 Å². The fourth-order valence-electron chi connectivity index (χ4n) is 9.48. The highest BCUT2D eigenvalue weighted by molar-refractivity contribution is 5.71. The Kier molecular flexibility index (Phi) is 57.7. The van der Waals surface area contributed by atoms with E-state index in [4.69, 9.17) is 14.2 Å². The molecule has 1 atom stereocenters. The molecule has 0 N–H and O–H groups in total. The molecule has 0 bridgehead atoms. The lowest BCUT2D eigenvalue weighted by Gasteiger charge is -2.18. The summed E-state index contributed by atoms with van der Waals surface area (Å²) in [6.45, 7) is 6.67. The molecule has 0 aromatic rings. The highest BCUT2D eigenvalue weighted by Gasteiger charge is 2.19. The Morgan fingerprint density at radius 2 is 0.514 bits per heavy atom. The van der Waals surface area contributed by atoms with Gasteiger partial charge in [-0.15, -0.1) is 0 Å². The number of unbranched alkanes of at least 4 members (excludes halogenated alkanes) is 43. The van der Waals surface area contributed by atoms with Gasteiger partial charge in [0.1, 0.15) is 13.2 Å². The maximum absolute atomic E-state index is 12.8. The summed E-state index contributed by atoms with van der Waals surface area (Å²) < 4.78 is 16.9. The van der Waals surface area contributed by atoms with Gasteiger partial charge in [-0.05, 0) is 51.4 Å². The first kappa shape index (κ1) is 67.9. The van der Waals surface area contributed by atoms with E-state index in [0.717, 1.165) is 64.2 Å². The fourth-order valence-corrected chi connectivity index (χ4v) is 9.48. The van der Waals surface area contributed by atoms with Gasteiger partial charge in [0.05, 0.1) is 0 Å². The third-order valence-electron chi connectivity index (χ3n) is 14.2. The second kappa shape index (κ2) is 59.5. The van der Waals surface area contributed by atoms with E-state index in [1.165, 1.54) is 244 Å². The van der Waals surface area contributed by atoms with Gasteiger partial charge >= 0.3 is 17.9 Å². The van der Waals surface area contributed by atoms with Crippen molar-refractivity contribution in [1.29, 1.82) is 0 Å². The fraction of sp³-hybridized carbons (Fsp3) is 0.891. The number of esters is 3. The predicted octanol–water partition coefficient (Wildman–Crippen LogP) is 21.1. The summed E-state index contributed by atoms with van der Waals surface area (Å²) in [5, 5.41) is 0. The van der Waals surface area contributed by atoms with E-state index in [9.17, 15) is 14.4 Å². The van der Waals surface area contributed by atoms with Crippen molar-refractivity contribution >= 4 is 17.9 Å². The molecular formula is C64H120O6. The minimum Gasteiger partial charge on any atom is -0.462 e. The van der Waals surface area contributed by atoms with Crippen LogP contribution in [-0.4, -0.2) is 37.2 Å². The van der Waals surface area contributed by atoms with E-state index in [2.05, 4.69) is 45.1 Å². The quantitative estimate of drug-likeness (QED) is 0.0261. The molecule has 6 nitrogen and oxygen atoms in total. The van der Waals surface area contributed by atoms with Crippen LogP contribution in [0.4, 0.5) is 0 Å². The molecule has 412 valence electrons. The van der Waals surface area contributed by atoms with Crippen LogP contribution in [0.3, 0.4) is 0 Å². The molecule has 0 aromatic carbocycles. The molecule has 0 rings (SSSR count). The van der Waals surface area contributed by atoms with Gasteiger partial charge in [0.15, 0.2) is 6.10 Å². The number of hydrogen-bond acceptors (Lipinski definition) is 6. The van der Waals surface area contributed by atoms with Gasteiger partial charge in [-0.1, -0.05) is 302 Å². The van der Waals surface area contributed by atoms with Crippen molar-refractivity contribution in [2.45, 2.75) is 354 Å². The molecule has 0 aliphatic rings. The average Bonchev–Trinajstić information content (AvgIpc) is 3.36. The van der Waals surface area contributed by atoms with Gasteiger partial charge in [0, 0.05) is 19.3 Å². The smallest absolute Gasteiger partial charge is 0.306 e. The summed E-state index contributed by atoms with van der Waals surface area (Å²) in [4.78, 5) is 38.1. The Labute approximate surface area is 436 Å². The second-order valence-electron chi connectivity index (χ2n) is 21.3. The number of rotatable bonds is 58. The Morgan fingerprint density at radius 1 is 0.286 bits per heavy atom. The maximum Gasteiger partial charge on any atom is 0.306 e. The van der Waals surface area contributed by atoms with Crippen LogP contribution in [-0.2, 0) is 28.6 Å². The topological polar surface area (TPSA) is 78.9 Å². The molecule has 1 unspecified atom stereocenters. The van der Waals surface area contributed by atoms with Crippen molar-refractivity contribution in [2.24, 2.45) is 0 Å². The SMILES string of the molecule is CCCCCCC/C=C\C/C=C\CCCCCCCCCCCCCCCCCCCC(=O)OCC(COC(=O)CCCCCCCCCCCC)OC(=O)CCCCCCCCCCCCCCC. The molecule has 0 aliphatic carbocycles. The zero-order valence-electron chi connectivity index (χ0n) is 47.3. The summed E-state index contributed by atoms with van der Waals surface area (Å²) >= 11 is 0. The number of carbonyl (C=O) groups is 3. The molecule has 0 radical (unpaired) electrons. The Balaban J connectivity index is 4.07. The molecule has 0 fully saturated rings. The Bertz CT molecular complexity index is 1130. The van der Waals surface area contributed by atoms with Crippen molar-refractivity contribution in [2.75, 3.05) is 13.2 Å². The molecule has 0 heterocycles. The number of hydrogen-bond donors (Lipinski definition) is 0. The summed E-state index contributed by atoms with van der Waals surface area (Å²) in [5.74, 6) is -0.843. The summed E-state index contributed by atoms with van der Waals surface area (Å²) in [6.07, 6.45) is 70.6. The molecular weight excluding hydrogens is 865 g/mol. The van der Waals surface area contributed by atoms with Crippen LogP contribution in [0.25, 0.3) is 0 Å². The minimum atomic E-state index is -0.764.